The standard InChI is InChI=1S/C14H20N2O2S/c15-7-9-19-13-6-8-16(10-13)14(17)18-11-12-4-2-1-3-5-12/h1-5,13H,6-11,15H2. The van der Waals surface area contributed by atoms with Crippen molar-refractivity contribution in [3.8, 4) is 0 Å². The van der Waals surface area contributed by atoms with E-state index in [4.69, 9.17) is 10.5 Å². The maximum Gasteiger partial charge on any atom is 0.410 e. The van der Waals surface area contributed by atoms with Crippen LogP contribution in [0.25, 0.3) is 0 Å². The van der Waals surface area contributed by atoms with E-state index in [0.29, 0.717) is 18.4 Å². The third-order valence-corrected chi connectivity index (χ3v) is 4.41. The van der Waals surface area contributed by atoms with Gasteiger partial charge in [0.25, 0.3) is 0 Å². The molecule has 0 aliphatic carbocycles. The molecule has 1 aromatic carbocycles. The lowest BCUT2D eigenvalue weighted by atomic mass is 10.2. The summed E-state index contributed by atoms with van der Waals surface area (Å²) in [6.45, 7) is 2.60. The molecular weight excluding hydrogens is 260 g/mol. The van der Waals surface area contributed by atoms with Gasteiger partial charge >= 0.3 is 6.09 Å². The summed E-state index contributed by atoms with van der Waals surface area (Å²) in [4.78, 5) is 13.7. The third kappa shape index (κ3) is 4.44. The average molecular weight is 280 g/mol. The molecule has 1 atom stereocenters. The van der Waals surface area contributed by atoms with Crippen molar-refractivity contribution in [1.82, 2.24) is 4.90 Å². The van der Waals surface area contributed by atoms with Gasteiger partial charge in [0.2, 0.25) is 0 Å². The minimum absolute atomic E-state index is 0.209. The van der Waals surface area contributed by atoms with E-state index in [1.54, 1.807) is 4.90 Å². The maximum absolute atomic E-state index is 11.9. The van der Waals surface area contributed by atoms with Crippen LogP contribution in [0.4, 0.5) is 4.79 Å². The molecule has 1 fully saturated rings. The summed E-state index contributed by atoms with van der Waals surface area (Å²) < 4.78 is 5.32. The number of nitrogens with two attached hydrogens (primary N) is 1. The average Bonchev–Trinajstić information content (AvgIpc) is 2.92. The van der Waals surface area contributed by atoms with Crippen LogP contribution in [0.1, 0.15) is 12.0 Å². The van der Waals surface area contributed by atoms with E-state index in [9.17, 15) is 4.79 Å². The molecule has 0 spiro atoms. The number of ether oxygens (including phenoxy) is 1. The normalized spacial score (nSPS) is 18.6. The lowest BCUT2D eigenvalue weighted by Gasteiger charge is -2.16. The van der Waals surface area contributed by atoms with Crippen LogP contribution in [0.15, 0.2) is 30.3 Å². The zero-order valence-electron chi connectivity index (χ0n) is 11.0. The molecule has 0 radical (unpaired) electrons. The second kappa shape index (κ2) is 7.40. The van der Waals surface area contributed by atoms with Gasteiger partial charge in [0.15, 0.2) is 0 Å². The van der Waals surface area contributed by atoms with Crippen molar-refractivity contribution >= 4 is 17.9 Å². The summed E-state index contributed by atoms with van der Waals surface area (Å²) in [6, 6.07) is 9.75. The molecule has 1 saturated heterocycles. The van der Waals surface area contributed by atoms with Crippen LogP contribution in [0, 0.1) is 0 Å². The fraction of sp³-hybridized carbons (Fsp3) is 0.500. The van der Waals surface area contributed by atoms with Gasteiger partial charge in [0.1, 0.15) is 6.61 Å². The van der Waals surface area contributed by atoms with Gasteiger partial charge < -0.3 is 15.4 Å². The number of benzene rings is 1. The minimum Gasteiger partial charge on any atom is -0.445 e. The monoisotopic (exact) mass is 280 g/mol. The van der Waals surface area contributed by atoms with E-state index in [-0.39, 0.29) is 6.09 Å². The van der Waals surface area contributed by atoms with Crippen LogP contribution in [0.3, 0.4) is 0 Å². The Morgan fingerprint density at radius 2 is 2.21 bits per heavy atom. The summed E-state index contributed by atoms with van der Waals surface area (Å²) in [5, 5.41) is 0.507. The zero-order valence-corrected chi connectivity index (χ0v) is 11.8. The van der Waals surface area contributed by atoms with Crippen molar-refractivity contribution < 1.29 is 9.53 Å². The van der Waals surface area contributed by atoms with Gasteiger partial charge in [-0.15, -0.1) is 0 Å². The molecule has 0 saturated carbocycles. The van der Waals surface area contributed by atoms with Gasteiger partial charge in [-0.3, -0.25) is 0 Å². The van der Waals surface area contributed by atoms with Gasteiger partial charge in [-0.1, -0.05) is 30.3 Å². The van der Waals surface area contributed by atoms with Gasteiger partial charge in [0.05, 0.1) is 0 Å². The predicted octanol–water partition coefficient (Wildman–Crippen LogP) is 2.09. The first kappa shape index (κ1) is 14.2. The molecule has 0 bridgehead atoms. The van der Waals surface area contributed by atoms with Crippen molar-refractivity contribution in [2.45, 2.75) is 18.3 Å². The van der Waals surface area contributed by atoms with Gasteiger partial charge in [-0.05, 0) is 12.0 Å². The van der Waals surface area contributed by atoms with Crippen molar-refractivity contribution in [3.63, 3.8) is 0 Å². The molecule has 1 aromatic rings. The van der Waals surface area contributed by atoms with E-state index >= 15 is 0 Å². The van der Waals surface area contributed by atoms with Crippen molar-refractivity contribution in [1.29, 1.82) is 0 Å². The number of carbonyl (C=O) groups excluding carboxylic acids is 1. The number of carbonyl (C=O) groups is 1. The molecule has 5 heteroatoms. The smallest absolute Gasteiger partial charge is 0.410 e. The highest BCUT2D eigenvalue weighted by Gasteiger charge is 2.27. The van der Waals surface area contributed by atoms with Crippen LogP contribution in [0.5, 0.6) is 0 Å². The Balaban J connectivity index is 1.72. The van der Waals surface area contributed by atoms with E-state index in [2.05, 4.69) is 0 Å². The SMILES string of the molecule is NCCSC1CCN(C(=O)OCc2ccccc2)C1. The molecule has 2 rings (SSSR count). The molecule has 1 heterocycles. The van der Waals surface area contributed by atoms with Crippen molar-refractivity contribution in [3.05, 3.63) is 35.9 Å². The van der Waals surface area contributed by atoms with E-state index in [1.807, 2.05) is 42.1 Å². The number of likely N-dealkylation sites (tertiary alicyclic amines) is 1. The summed E-state index contributed by atoms with van der Waals surface area (Å²) in [5.74, 6) is 0.956. The topological polar surface area (TPSA) is 55.6 Å². The fourth-order valence-electron chi connectivity index (χ4n) is 2.08. The van der Waals surface area contributed by atoms with Gasteiger partial charge in [-0.2, -0.15) is 11.8 Å². The number of rotatable bonds is 5. The van der Waals surface area contributed by atoms with Gasteiger partial charge in [0, 0.05) is 30.6 Å². The highest BCUT2D eigenvalue weighted by atomic mass is 32.2. The molecule has 4 nitrogen and oxygen atoms in total. The zero-order chi connectivity index (χ0) is 13.5. The van der Waals surface area contributed by atoms with Crippen LogP contribution >= 0.6 is 11.8 Å². The lowest BCUT2D eigenvalue weighted by Crippen LogP contribution is -2.29. The molecule has 1 amide bonds. The number of amides is 1. The molecule has 0 aromatic heterocycles. The summed E-state index contributed by atoms with van der Waals surface area (Å²) >= 11 is 1.85. The second-order valence-corrected chi connectivity index (χ2v) is 5.96. The number of nitrogens with zero attached hydrogens (tertiary/aromatic N) is 1. The third-order valence-electron chi connectivity index (χ3n) is 3.08. The predicted molar refractivity (Wildman–Crippen MR) is 78.1 cm³/mol. The Labute approximate surface area is 118 Å². The first-order valence-corrected chi connectivity index (χ1v) is 7.62. The molecule has 104 valence electrons. The first-order chi connectivity index (χ1) is 9.29. The van der Waals surface area contributed by atoms with Gasteiger partial charge in [-0.25, -0.2) is 4.79 Å². The molecule has 2 N–H and O–H groups in total. The van der Waals surface area contributed by atoms with E-state index < -0.39 is 0 Å². The highest BCUT2D eigenvalue weighted by Crippen LogP contribution is 2.22. The minimum atomic E-state index is -0.209. The summed E-state index contributed by atoms with van der Waals surface area (Å²) in [5.41, 5.74) is 6.50. The molecule has 19 heavy (non-hydrogen) atoms. The quantitative estimate of drug-likeness (QED) is 0.897. The van der Waals surface area contributed by atoms with Crippen LogP contribution in [-0.4, -0.2) is 41.6 Å². The van der Waals surface area contributed by atoms with Crippen LogP contribution in [-0.2, 0) is 11.3 Å². The fourth-order valence-corrected chi connectivity index (χ4v) is 3.10. The number of thioether (sulfide) groups is 1. The van der Waals surface area contributed by atoms with Crippen LogP contribution < -0.4 is 5.73 Å². The van der Waals surface area contributed by atoms with E-state index in [0.717, 1.165) is 30.8 Å². The van der Waals surface area contributed by atoms with Crippen LogP contribution in [0.2, 0.25) is 0 Å². The Morgan fingerprint density at radius 3 is 2.95 bits per heavy atom. The summed E-state index contributed by atoms with van der Waals surface area (Å²) in [6.07, 6.45) is 0.824. The Kier molecular flexibility index (Phi) is 5.54. The lowest BCUT2D eigenvalue weighted by molar-refractivity contribution is 0.104. The molecule has 1 aliphatic rings. The largest absolute Gasteiger partial charge is 0.445 e. The second-order valence-electron chi connectivity index (χ2n) is 4.56. The Morgan fingerprint density at radius 1 is 1.42 bits per heavy atom. The maximum atomic E-state index is 11.9. The Bertz CT molecular complexity index is 400. The summed E-state index contributed by atoms with van der Waals surface area (Å²) in [7, 11) is 0. The van der Waals surface area contributed by atoms with E-state index in [1.165, 1.54) is 0 Å². The first-order valence-electron chi connectivity index (χ1n) is 6.57. The Hall–Kier alpha value is -1.20. The highest BCUT2D eigenvalue weighted by molar-refractivity contribution is 7.99. The van der Waals surface area contributed by atoms with Crippen molar-refractivity contribution in [2.75, 3.05) is 25.4 Å². The number of hydrogen-bond donors (Lipinski definition) is 1. The van der Waals surface area contributed by atoms with Crippen molar-refractivity contribution in [2.24, 2.45) is 5.73 Å². The molecular formula is C14H20N2O2S. The molecule has 1 aliphatic heterocycles. The molecule has 1 unspecified atom stereocenters. The number of hydrogen-bond acceptors (Lipinski definition) is 4.